The molecule has 1 aromatic heterocycles. The van der Waals surface area contributed by atoms with Crippen LogP contribution in [0.4, 0.5) is 5.95 Å². The molecule has 1 aromatic rings. The first-order chi connectivity index (χ1) is 11.5. The van der Waals surface area contributed by atoms with Gasteiger partial charge in [0.25, 0.3) is 0 Å². The van der Waals surface area contributed by atoms with Gasteiger partial charge < -0.3 is 15.0 Å². The summed E-state index contributed by atoms with van der Waals surface area (Å²) in [4.78, 5) is 25.3. The molecule has 3 atom stereocenters. The third-order valence-corrected chi connectivity index (χ3v) is 4.53. The van der Waals surface area contributed by atoms with E-state index in [1.807, 2.05) is 31.7 Å². The molecule has 1 amide bonds. The Morgan fingerprint density at radius 2 is 2.08 bits per heavy atom. The van der Waals surface area contributed by atoms with Crippen LogP contribution in [0, 0.1) is 6.92 Å². The predicted octanol–water partition coefficient (Wildman–Crippen LogP) is 0.907. The Morgan fingerprint density at radius 1 is 1.33 bits per heavy atom. The van der Waals surface area contributed by atoms with E-state index in [0.717, 1.165) is 25.2 Å². The Labute approximate surface area is 143 Å². The van der Waals surface area contributed by atoms with Crippen molar-refractivity contribution in [3.63, 3.8) is 0 Å². The molecule has 2 fully saturated rings. The number of carbonyl (C=O) groups excluding carboxylic acids is 1. The lowest BCUT2D eigenvalue weighted by molar-refractivity contribution is -0.144. The lowest BCUT2D eigenvalue weighted by atomic mass is 10.2. The second kappa shape index (κ2) is 7.44. The van der Waals surface area contributed by atoms with Gasteiger partial charge in [-0.15, -0.1) is 0 Å². The number of hydrogen-bond donors (Lipinski definition) is 1. The molecule has 3 unspecified atom stereocenters. The molecule has 1 N–H and O–H groups in total. The summed E-state index contributed by atoms with van der Waals surface area (Å²) >= 11 is 0. The second-order valence-electron chi connectivity index (χ2n) is 6.94. The SMILES string of the molecule is Cc1ccnc(NC2CCN(CC(=O)N3CC(C)OC(C)C3)C2)n1. The van der Waals surface area contributed by atoms with E-state index in [-0.39, 0.29) is 18.1 Å². The summed E-state index contributed by atoms with van der Waals surface area (Å²) in [5.41, 5.74) is 0.952. The number of morpholine rings is 1. The molecule has 3 rings (SSSR count). The van der Waals surface area contributed by atoms with Gasteiger partial charge in [0.05, 0.1) is 18.8 Å². The van der Waals surface area contributed by atoms with Crippen molar-refractivity contribution >= 4 is 11.9 Å². The summed E-state index contributed by atoms with van der Waals surface area (Å²) < 4.78 is 5.70. The van der Waals surface area contributed by atoms with Crippen molar-refractivity contribution in [2.45, 2.75) is 45.4 Å². The zero-order valence-electron chi connectivity index (χ0n) is 14.7. The van der Waals surface area contributed by atoms with Crippen molar-refractivity contribution in [1.29, 1.82) is 0 Å². The molecule has 2 aliphatic heterocycles. The van der Waals surface area contributed by atoms with Crippen LogP contribution in [0.15, 0.2) is 12.3 Å². The third-order valence-electron chi connectivity index (χ3n) is 4.53. The average Bonchev–Trinajstić information content (AvgIpc) is 2.93. The molecule has 0 radical (unpaired) electrons. The topological polar surface area (TPSA) is 70.6 Å². The fourth-order valence-corrected chi connectivity index (χ4v) is 3.47. The molecule has 0 aromatic carbocycles. The molecule has 7 heteroatoms. The van der Waals surface area contributed by atoms with E-state index in [9.17, 15) is 4.79 Å². The van der Waals surface area contributed by atoms with Gasteiger partial charge in [-0.25, -0.2) is 9.97 Å². The van der Waals surface area contributed by atoms with E-state index in [1.165, 1.54) is 0 Å². The highest BCUT2D eigenvalue weighted by Crippen LogP contribution is 2.15. The van der Waals surface area contributed by atoms with E-state index in [0.29, 0.717) is 31.6 Å². The normalized spacial score (nSPS) is 28.1. The lowest BCUT2D eigenvalue weighted by Crippen LogP contribution is -2.51. The smallest absolute Gasteiger partial charge is 0.236 e. The monoisotopic (exact) mass is 333 g/mol. The largest absolute Gasteiger partial charge is 0.372 e. The fourth-order valence-electron chi connectivity index (χ4n) is 3.47. The van der Waals surface area contributed by atoms with Crippen LogP contribution < -0.4 is 5.32 Å². The van der Waals surface area contributed by atoms with E-state index in [2.05, 4.69) is 20.2 Å². The minimum Gasteiger partial charge on any atom is -0.372 e. The van der Waals surface area contributed by atoms with Gasteiger partial charge in [0.1, 0.15) is 0 Å². The molecular formula is C17H27N5O2. The van der Waals surface area contributed by atoms with Crippen LogP contribution >= 0.6 is 0 Å². The average molecular weight is 333 g/mol. The Bertz CT molecular complexity index is 572. The highest BCUT2D eigenvalue weighted by molar-refractivity contribution is 5.78. The number of carbonyl (C=O) groups is 1. The Kier molecular flexibility index (Phi) is 5.30. The molecule has 2 saturated heterocycles. The fraction of sp³-hybridized carbons (Fsp3) is 0.706. The maximum absolute atomic E-state index is 12.5. The minimum atomic E-state index is 0.115. The molecule has 132 valence electrons. The number of nitrogens with zero attached hydrogens (tertiary/aromatic N) is 4. The third kappa shape index (κ3) is 4.42. The molecule has 0 bridgehead atoms. The van der Waals surface area contributed by atoms with Gasteiger partial charge in [0, 0.05) is 44.1 Å². The summed E-state index contributed by atoms with van der Waals surface area (Å²) in [5.74, 6) is 0.869. The molecule has 24 heavy (non-hydrogen) atoms. The molecule has 0 aliphatic carbocycles. The van der Waals surface area contributed by atoms with Crippen LogP contribution in [-0.4, -0.2) is 76.6 Å². The number of aryl methyl sites for hydroxylation is 1. The quantitative estimate of drug-likeness (QED) is 0.883. The van der Waals surface area contributed by atoms with Crippen LogP contribution in [-0.2, 0) is 9.53 Å². The number of likely N-dealkylation sites (tertiary alicyclic amines) is 1. The lowest BCUT2D eigenvalue weighted by Gasteiger charge is -2.36. The van der Waals surface area contributed by atoms with Crippen molar-refractivity contribution in [2.75, 3.05) is 38.0 Å². The van der Waals surface area contributed by atoms with E-state index < -0.39 is 0 Å². The van der Waals surface area contributed by atoms with Crippen molar-refractivity contribution in [2.24, 2.45) is 0 Å². The first-order valence-corrected chi connectivity index (χ1v) is 8.71. The maximum atomic E-state index is 12.5. The zero-order chi connectivity index (χ0) is 17.1. The van der Waals surface area contributed by atoms with Gasteiger partial charge in [-0.05, 0) is 33.3 Å². The maximum Gasteiger partial charge on any atom is 0.236 e. The molecule has 7 nitrogen and oxygen atoms in total. The van der Waals surface area contributed by atoms with Gasteiger partial charge in [-0.2, -0.15) is 0 Å². The van der Waals surface area contributed by atoms with Gasteiger partial charge in [0.2, 0.25) is 11.9 Å². The summed E-state index contributed by atoms with van der Waals surface area (Å²) in [7, 11) is 0. The van der Waals surface area contributed by atoms with Crippen molar-refractivity contribution in [3.8, 4) is 0 Å². The number of nitrogens with one attached hydrogen (secondary N) is 1. The summed E-state index contributed by atoms with van der Waals surface area (Å²) in [6.45, 7) is 9.62. The van der Waals surface area contributed by atoms with E-state index in [4.69, 9.17) is 4.74 Å². The first-order valence-electron chi connectivity index (χ1n) is 8.71. The highest BCUT2D eigenvalue weighted by Gasteiger charge is 2.29. The first kappa shape index (κ1) is 17.1. The number of ether oxygens (including phenoxy) is 1. The Balaban J connectivity index is 1.48. The van der Waals surface area contributed by atoms with Crippen LogP contribution in [0.25, 0.3) is 0 Å². The molecule has 0 spiro atoms. The summed E-state index contributed by atoms with van der Waals surface area (Å²) in [6, 6.07) is 2.18. The van der Waals surface area contributed by atoms with Crippen molar-refractivity contribution < 1.29 is 9.53 Å². The van der Waals surface area contributed by atoms with Crippen LogP contribution in [0.2, 0.25) is 0 Å². The number of amides is 1. The molecule has 2 aliphatic rings. The van der Waals surface area contributed by atoms with Gasteiger partial charge in [0.15, 0.2) is 0 Å². The van der Waals surface area contributed by atoms with Crippen LogP contribution in [0.1, 0.15) is 26.0 Å². The van der Waals surface area contributed by atoms with E-state index >= 15 is 0 Å². The minimum absolute atomic E-state index is 0.115. The Hall–Kier alpha value is -1.73. The van der Waals surface area contributed by atoms with Crippen molar-refractivity contribution in [1.82, 2.24) is 19.8 Å². The van der Waals surface area contributed by atoms with Gasteiger partial charge in [-0.1, -0.05) is 0 Å². The number of anilines is 1. The van der Waals surface area contributed by atoms with Gasteiger partial charge >= 0.3 is 0 Å². The predicted molar refractivity (Wildman–Crippen MR) is 91.8 cm³/mol. The number of aromatic nitrogens is 2. The number of rotatable bonds is 4. The standard InChI is InChI=1S/C17H27N5O2/c1-12-4-6-18-17(19-12)20-15-5-7-21(10-15)11-16(23)22-8-13(2)24-14(3)9-22/h4,6,13-15H,5,7-11H2,1-3H3,(H,18,19,20). The van der Waals surface area contributed by atoms with Crippen molar-refractivity contribution in [3.05, 3.63) is 18.0 Å². The molecular weight excluding hydrogens is 306 g/mol. The highest BCUT2D eigenvalue weighted by atomic mass is 16.5. The molecule has 0 saturated carbocycles. The molecule has 3 heterocycles. The summed E-state index contributed by atoms with van der Waals surface area (Å²) in [5, 5.41) is 3.37. The van der Waals surface area contributed by atoms with Crippen LogP contribution in [0.5, 0.6) is 0 Å². The van der Waals surface area contributed by atoms with E-state index in [1.54, 1.807) is 6.20 Å². The van der Waals surface area contributed by atoms with Crippen LogP contribution in [0.3, 0.4) is 0 Å². The zero-order valence-corrected chi connectivity index (χ0v) is 14.7. The second-order valence-corrected chi connectivity index (χ2v) is 6.94. The number of hydrogen-bond acceptors (Lipinski definition) is 6. The van der Waals surface area contributed by atoms with Gasteiger partial charge in [-0.3, -0.25) is 9.69 Å². The Morgan fingerprint density at radius 3 is 2.79 bits per heavy atom. The summed E-state index contributed by atoms with van der Waals surface area (Å²) in [6.07, 6.45) is 3.00.